The van der Waals surface area contributed by atoms with Gasteiger partial charge in [0.15, 0.2) is 5.03 Å². The van der Waals surface area contributed by atoms with E-state index in [4.69, 9.17) is 0 Å². The third kappa shape index (κ3) is 3.70. The molecular weight excluding hydrogens is 404 g/mol. The average Bonchev–Trinajstić information content (AvgIpc) is 3.37. The molecule has 0 spiro atoms. The van der Waals surface area contributed by atoms with Gasteiger partial charge in [0.2, 0.25) is 0 Å². The molecule has 0 unspecified atom stereocenters. The first kappa shape index (κ1) is 20.5. The number of imidazole rings is 2. The van der Waals surface area contributed by atoms with E-state index in [1.165, 1.54) is 10.6 Å². The predicted octanol–water partition coefficient (Wildman–Crippen LogP) is 1.57. The second-order valence-electron chi connectivity index (χ2n) is 7.66. The molecule has 160 valence electrons. The summed E-state index contributed by atoms with van der Waals surface area (Å²) >= 11 is 0. The van der Waals surface area contributed by atoms with E-state index in [-0.39, 0.29) is 11.1 Å². The molecule has 1 saturated heterocycles. The molecule has 0 N–H and O–H groups in total. The van der Waals surface area contributed by atoms with Crippen LogP contribution in [0.3, 0.4) is 0 Å². The number of hydrogen-bond acceptors (Lipinski definition) is 7. The summed E-state index contributed by atoms with van der Waals surface area (Å²) in [5.41, 5.74) is 1.98. The van der Waals surface area contributed by atoms with Gasteiger partial charge < -0.3 is 9.47 Å². The van der Waals surface area contributed by atoms with Gasteiger partial charge >= 0.3 is 0 Å². The van der Waals surface area contributed by atoms with Gasteiger partial charge in [0, 0.05) is 50.2 Å². The van der Waals surface area contributed by atoms with Crippen LogP contribution in [0.15, 0.2) is 36.3 Å². The topological polar surface area (TPSA) is 102 Å². The lowest BCUT2D eigenvalue weighted by molar-refractivity contribution is 0.382. The Kier molecular flexibility index (Phi) is 5.33. The number of nitrogens with zero attached hydrogens (tertiary/aromatic N) is 8. The molecule has 0 bridgehead atoms. The molecule has 0 aliphatic carbocycles. The highest BCUT2D eigenvalue weighted by Gasteiger charge is 2.31. The fourth-order valence-electron chi connectivity index (χ4n) is 3.39. The molecule has 1 aliphatic rings. The van der Waals surface area contributed by atoms with Crippen LogP contribution in [0.2, 0.25) is 0 Å². The van der Waals surface area contributed by atoms with Gasteiger partial charge in [-0.2, -0.15) is 4.31 Å². The van der Waals surface area contributed by atoms with Crippen LogP contribution in [0.5, 0.6) is 0 Å². The quantitative estimate of drug-likeness (QED) is 0.605. The van der Waals surface area contributed by atoms with Gasteiger partial charge in [-0.05, 0) is 27.7 Å². The molecule has 0 atom stereocenters. The zero-order chi connectivity index (χ0) is 21.5. The summed E-state index contributed by atoms with van der Waals surface area (Å²) in [6.07, 6.45) is 6.44. The predicted molar refractivity (Wildman–Crippen MR) is 112 cm³/mol. The van der Waals surface area contributed by atoms with Crippen LogP contribution >= 0.6 is 0 Å². The van der Waals surface area contributed by atoms with Crippen molar-refractivity contribution >= 4 is 15.8 Å². The summed E-state index contributed by atoms with van der Waals surface area (Å²) < 4.78 is 31.1. The van der Waals surface area contributed by atoms with Gasteiger partial charge in [-0.25, -0.2) is 28.4 Å². The van der Waals surface area contributed by atoms with Crippen molar-refractivity contribution in [3.63, 3.8) is 0 Å². The Morgan fingerprint density at radius 1 is 0.933 bits per heavy atom. The Bertz CT molecular complexity index is 1140. The van der Waals surface area contributed by atoms with E-state index in [0.29, 0.717) is 26.2 Å². The van der Waals surface area contributed by atoms with Gasteiger partial charge in [0.25, 0.3) is 10.0 Å². The molecule has 1 fully saturated rings. The SMILES string of the molecule is Cc1ncn(-c2cc(N3CCN(S(=O)(=O)c4cn(C(C)C)cn4)CC3)ncn2)c1C. The number of sulfonamides is 1. The van der Waals surface area contributed by atoms with Crippen LogP contribution in [0.4, 0.5) is 5.82 Å². The zero-order valence-corrected chi connectivity index (χ0v) is 18.4. The maximum atomic E-state index is 12.9. The number of anilines is 1. The van der Waals surface area contributed by atoms with E-state index in [0.717, 1.165) is 23.0 Å². The third-order valence-corrected chi connectivity index (χ3v) is 7.26. The first-order valence-corrected chi connectivity index (χ1v) is 11.3. The van der Waals surface area contributed by atoms with E-state index in [1.807, 2.05) is 38.3 Å². The molecule has 1 aliphatic heterocycles. The lowest BCUT2D eigenvalue weighted by Crippen LogP contribution is -2.49. The monoisotopic (exact) mass is 430 g/mol. The molecule has 10 nitrogen and oxygen atoms in total. The smallest absolute Gasteiger partial charge is 0.262 e. The molecule has 0 aromatic carbocycles. The van der Waals surface area contributed by atoms with Crippen molar-refractivity contribution in [2.24, 2.45) is 0 Å². The van der Waals surface area contributed by atoms with Crippen molar-refractivity contribution in [3.05, 3.63) is 42.6 Å². The summed E-state index contributed by atoms with van der Waals surface area (Å²) in [5, 5.41) is 0.0972. The van der Waals surface area contributed by atoms with Gasteiger partial charge in [-0.3, -0.25) is 4.57 Å². The van der Waals surface area contributed by atoms with Gasteiger partial charge in [-0.1, -0.05) is 0 Å². The largest absolute Gasteiger partial charge is 0.354 e. The standard InChI is InChI=1S/C19H26N8O2S/c1-14(2)25-10-19(23-12-25)30(28,29)26-7-5-24(6-8-26)17-9-18(21-11-20-17)27-13-22-15(3)16(27)4/h9-14H,5-8H2,1-4H3. The molecule has 4 heterocycles. The highest BCUT2D eigenvalue weighted by Crippen LogP contribution is 2.21. The van der Waals surface area contributed by atoms with Crippen LogP contribution in [0.25, 0.3) is 5.82 Å². The minimum absolute atomic E-state index is 0.0972. The summed E-state index contributed by atoms with van der Waals surface area (Å²) in [5.74, 6) is 1.51. The Hall–Kier alpha value is -2.79. The van der Waals surface area contributed by atoms with Crippen molar-refractivity contribution in [2.75, 3.05) is 31.1 Å². The van der Waals surface area contributed by atoms with Crippen LogP contribution < -0.4 is 4.90 Å². The molecule has 3 aromatic heterocycles. The number of piperazine rings is 1. The summed E-state index contributed by atoms with van der Waals surface area (Å²) in [6, 6.07) is 2.07. The second kappa shape index (κ2) is 7.80. The lowest BCUT2D eigenvalue weighted by atomic mass is 10.3. The summed E-state index contributed by atoms with van der Waals surface area (Å²) in [4.78, 5) is 19.2. The van der Waals surface area contributed by atoms with E-state index in [2.05, 4.69) is 24.8 Å². The third-order valence-electron chi connectivity index (χ3n) is 5.48. The van der Waals surface area contributed by atoms with Crippen LogP contribution in [-0.2, 0) is 10.0 Å². The van der Waals surface area contributed by atoms with Crippen molar-refractivity contribution in [1.82, 2.24) is 33.4 Å². The Morgan fingerprint density at radius 2 is 1.63 bits per heavy atom. The lowest BCUT2D eigenvalue weighted by Gasteiger charge is -2.34. The minimum atomic E-state index is -3.60. The number of rotatable bonds is 5. The first-order chi connectivity index (χ1) is 14.3. The number of aryl methyl sites for hydroxylation is 1. The molecule has 3 aromatic rings. The highest BCUT2D eigenvalue weighted by molar-refractivity contribution is 7.89. The van der Waals surface area contributed by atoms with Gasteiger partial charge in [-0.15, -0.1) is 0 Å². The molecule has 30 heavy (non-hydrogen) atoms. The molecular formula is C19H26N8O2S. The van der Waals surface area contributed by atoms with E-state index in [1.54, 1.807) is 23.4 Å². The van der Waals surface area contributed by atoms with Crippen molar-refractivity contribution in [1.29, 1.82) is 0 Å². The average molecular weight is 431 g/mol. The first-order valence-electron chi connectivity index (χ1n) is 9.89. The zero-order valence-electron chi connectivity index (χ0n) is 17.6. The summed E-state index contributed by atoms with van der Waals surface area (Å²) in [7, 11) is -3.60. The second-order valence-corrected chi connectivity index (χ2v) is 9.55. The van der Waals surface area contributed by atoms with Gasteiger partial charge in [0.1, 0.15) is 24.3 Å². The van der Waals surface area contributed by atoms with Crippen molar-refractivity contribution in [2.45, 2.75) is 38.8 Å². The van der Waals surface area contributed by atoms with Crippen LogP contribution in [0.1, 0.15) is 31.3 Å². The Balaban J connectivity index is 1.48. The van der Waals surface area contributed by atoms with Gasteiger partial charge in [0.05, 0.1) is 12.0 Å². The van der Waals surface area contributed by atoms with Crippen LogP contribution in [-0.4, -0.2) is 68.0 Å². The maximum absolute atomic E-state index is 12.9. The molecule has 11 heteroatoms. The fourth-order valence-corrected chi connectivity index (χ4v) is 4.74. The van der Waals surface area contributed by atoms with Crippen molar-refractivity contribution in [3.8, 4) is 5.82 Å². The Morgan fingerprint density at radius 3 is 2.23 bits per heavy atom. The van der Waals surface area contributed by atoms with E-state index < -0.39 is 10.0 Å². The minimum Gasteiger partial charge on any atom is -0.354 e. The number of aromatic nitrogens is 6. The molecule has 0 radical (unpaired) electrons. The maximum Gasteiger partial charge on any atom is 0.262 e. The van der Waals surface area contributed by atoms with Crippen LogP contribution in [0, 0.1) is 13.8 Å². The van der Waals surface area contributed by atoms with E-state index in [9.17, 15) is 8.42 Å². The highest BCUT2D eigenvalue weighted by atomic mass is 32.2. The van der Waals surface area contributed by atoms with E-state index >= 15 is 0 Å². The molecule has 0 saturated carbocycles. The normalized spacial score (nSPS) is 15.8. The molecule has 4 rings (SSSR count). The Labute approximate surface area is 176 Å². The number of hydrogen-bond donors (Lipinski definition) is 0. The van der Waals surface area contributed by atoms with Crippen molar-refractivity contribution < 1.29 is 8.42 Å². The molecule has 0 amide bonds. The fraction of sp³-hybridized carbons (Fsp3) is 0.474. The summed E-state index contributed by atoms with van der Waals surface area (Å²) in [6.45, 7) is 9.76.